The molecule has 0 atom stereocenters. The van der Waals surface area contributed by atoms with Crippen LogP contribution in [-0.4, -0.2) is 20.6 Å². The van der Waals surface area contributed by atoms with E-state index in [0.29, 0.717) is 9.99 Å². The van der Waals surface area contributed by atoms with Crippen LogP contribution in [-0.2, 0) is 7.05 Å². The zero-order chi connectivity index (χ0) is 10.5. The van der Waals surface area contributed by atoms with Crippen molar-refractivity contribution in [2.45, 2.75) is 0 Å². The molecule has 2 heterocycles. The van der Waals surface area contributed by atoms with Crippen molar-refractivity contribution >= 4 is 59.5 Å². The highest BCUT2D eigenvalue weighted by atomic mass is 79.9. The van der Waals surface area contributed by atoms with Gasteiger partial charge in [0.1, 0.15) is 16.0 Å². The van der Waals surface area contributed by atoms with Gasteiger partial charge in [-0.15, -0.1) is 0 Å². The van der Waals surface area contributed by atoms with Crippen LogP contribution in [0.4, 0.5) is 0 Å². The number of rotatable bonds is 1. The Kier molecular flexibility index (Phi) is 2.40. The summed E-state index contributed by atoms with van der Waals surface area (Å²) in [5, 5.41) is 8.95. The smallest absolute Gasteiger partial charge is 0.353 e. The second-order valence-electron chi connectivity index (χ2n) is 2.65. The largest absolute Gasteiger partial charge is 0.477 e. The van der Waals surface area contributed by atoms with Gasteiger partial charge in [-0.25, -0.2) is 9.78 Å². The highest BCUT2D eigenvalue weighted by Crippen LogP contribution is 2.35. The standard InChI is InChI=1S/C7H4Br2N2O2S/c1-11-4(6(12)13)2(8)3-5(11)14-7(9)10-3/h1H3,(H,12,13). The molecule has 0 aromatic carbocycles. The Bertz CT molecular complexity index is 494. The SMILES string of the molecule is Cn1c(C(=O)O)c(Br)c2nc(Br)sc21. The zero-order valence-electron chi connectivity index (χ0n) is 6.91. The molecule has 0 saturated carbocycles. The van der Waals surface area contributed by atoms with Gasteiger partial charge in [-0.05, 0) is 31.9 Å². The van der Waals surface area contributed by atoms with Crippen LogP contribution < -0.4 is 0 Å². The number of carboxylic acids is 1. The molecule has 0 amide bonds. The topological polar surface area (TPSA) is 55.1 Å². The average molecular weight is 340 g/mol. The first-order valence-electron chi connectivity index (χ1n) is 3.56. The van der Waals surface area contributed by atoms with E-state index in [2.05, 4.69) is 36.8 Å². The fraction of sp³-hybridized carbons (Fsp3) is 0.143. The average Bonchev–Trinajstić information content (AvgIpc) is 2.54. The van der Waals surface area contributed by atoms with Gasteiger partial charge in [0.2, 0.25) is 0 Å². The lowest BCUT2D eigenvalue weighted by Gasteiger charge is -1.97. The lowest BCUT2D eigenvalue weighted by molar-refractivity contribution is 0.0686. The Morgan fingerprint density at radius 3 is 2.71 bits per heavy atom. The molecule has 4 nitrogen and oxygen atoms in total. The van der Waals surface area contributed by atoms with Gasteiger partial charge in [-0.3, -0.25) is 0 Å². The van der Waals surface area contributed by atoms with Gasteiger partial charge < -0.3 is 9.67 Å². The van der Waals surface area contributed by atoms with Gasteiger partial charge in [-0.1, -0.05) is 11.3 Å². The molecule has 0 aliphatic rings. The number of carboxylic acid groups (broad SMARTS) is 1. The predicted octanol–water partition coefficient (Wildman–Crippen LogP) is 2.86. The molecule has 0 saturated heterocycles. The monoisotopic (exact) mass is 338 g/mol. The Labute approximate surface area is 99.8 Å². The van der Waals surface area contributed by atoms with E-state index >= 15 is 0 Å². The van der Waals surface area contributed by atoms with Crippen LogP contribution in [0.3, 0.4) is 0 Å². The van der Waals surface area contributed by atoms with Crippen molar-refractivity contribution in [3.63, 3.8) is 0 Å². The molecule has 0 unspecified atom stereocenters. The van der Waals surface area contributed by atoms with Crippen molar-refractivity contribution in [1.29, 1.82) is 0 Å². The molecule has 2 rings (SSSR count). The fourth-order valence-electron chi connectivity index (χ4n) is 1.26. The van der Waals surface area contributed by atoms with Crippen molar-refractivity contribution < 1.29 is 9.90 Å². The van der Waals surface area contributed by atoms with E-state index in [-0.39, 0.29) is 5.69 Å². The number of hydrogen-bond donors (Lipinski definition) is 1. The van der Waals surface area contributed by atoms with Crippen LogP contribution in [0.5, 0.6) is 0 Å². The molecular formula is C7H4Br2N2O2S. The summed E-state index contributed by atoms with van der Waals surface area (Å²) in [7, 11) is 1.71. The molecule has 7 heteroatoms. The number of carbonyl (C=O) groups is 1. The predicted molar refractivity (Wildman–Crippen MR) is 61.0 cm³/mol. The summed E-state index contributed by atoms with van der Waals surface area (Å²) in [5.74, 6) is -0.958. The number of aryl methyl sites for hydroxylation is 1. The third-order valence-electron chi connectivity index (χ3n) is 1.84. The molecule has 74 valence electrons. The van der Waals surface area contributed by atoms with Crippen molar-refractivity contribution in [3.8, 4) is 0 Å². The number of halogens is 2. The molecule has 0 aliphatic carbocycles. The van der Waals surface area contributed by atoms with E-state index in [4.69, 9.17) is 5.11 Å². The molecule has 0 bridgehead atoms. The zero-order valence-corrected chi connectivity index (χ0v) is 10.9. The molecule has 14 heavy (non-hydrogen) atoms. The maximum absolute atomic E-state index is 10.9. The fourth-order valence-corrected chi connectivity index (χ4v) is 3.50. The molecular weight excluding hydrogens is 336 g/mol. The minimum Gasteiger partial charge on any atom is -0.477 e. The molecule has 0 radical (unpaired) electrons. The van der Waals surface area contributed by atoms with Crippen LogP contribution >= 0.6 is 43.2 Å². The number of fused-ring (bicyclic) bond motifs is 1. The number of nitrogens with zero attached hydrogens (tertiary/aromatic N) is 2. The lowest BCUT2D eigenvalue weighted by Crippen LogP contribution is -2.04. The van der Waals surface area contributed by atoms with E-state index in [9.17, 15) is 4.79 Å². The molecule has 1 N–H and O–H groups in total. The van der Waals surface area contributed by atoms with Gasteiger partial charge >= 0.3 is 5.97 Å². The maximum atomic E-state index is 10.9. The third-order valence-corrected chi connectivity index (χ3v) is 4.18. The van der Waals surface area contributed by atoms with Crippen molar-refractivity contribution in [3.05, 3.63) is 14.1 Å². The summed E-state index contributed by atoms with van der Waals surface area (Å²) in [6.45, 7) is 0. The Balaban J connectivity index is 2.88. The Hall–Kier alpha value is -0.400. The van der Waals surface area contributed by atoms with Crippen LogP contribution in [0.25, 0.3) is 10.3 Å². The van der Waals surface area contributed by atoms with E-state index < -0.39 is 5.97 Å². The summed E-state index contributed by atoms with van der Waals surface area (Å²) >= 11 is 7.90. The number of hydrogen-bond acceptors (Lipinski definition) is 3. The summed E-state index contributed by atoms with van der Waals surface area (Å²) in [4.78, 5) is 15.9. The molecule has 0 spiro atoms. The minimum absolute atomic E-state index is 0.228. The quantitative estimate of drug-likeness (QED) is 0.869. The van der Waals surface area contributed by atoms with Gasteiger partial charge in [0.25, 0.3) is 0 Å². The van der Waals surface area contributed by atoms with E-state index in [1.54, 1.807) is 11.6 Å². The van der Waals surface area contributed by atoms with E-state index in [1.807, 2.05) is 0 Å². The summed E-state index contributed by atoms with van der Waals surface area (Å²) in [6, 6.07) is 0. The second kappa shape index (κ2) is 3.32. The summed E-state index contributed by atoms with van der Waals surface area (Å²) < 4.78 is 2.89. The van der Waals surface area contributed by atoms with Gasteiger partial charge in [0.15, 0.2) is 3.92 Å². The third kappa shape index (κ3) is 1.31. The number of aromatic nitrogens is 2. The minimum atomic E-state index is -0.958. The van der Waals surface area contributed by atoms with Crippen molar-refractivity contribution in [2.75, 3.05) is 0 Å². The first-order chi connectivity index (χ1) is 6.52. The Morgan fingerprint density at radius 1 is 1.57 bits per heavy atom. The van der Waals surface area contributed by atoms with Gasteiger partial charge in [-0.2, -0.15) is 0 Å². The van der Waals surface area contributed by atoms with Crippen molar-refractivity contribution in [1.82, 2.24) is 9.55 Å². The van der Waals surface area contributed by atoms with Crippen LogP contribution in [0.2, 0.25) is 0 Å². The first kappa shape index (κ1) is 10.1. The normalized spacial score (nSPS) is 11.1. The molecule has 0 aliphatic heterocycles. The van der Waals surface area contributed by atoms with E-state index in [0.717, 1.165) is 8.75 Å². The van der Waals surface area contributed by atoms with Gasteiger partial charge in [0, 0.05) is 7.05 Å². The van der Waals surface area contributed by atoms with Crippen LogP contribution in [0.15, 0.2) is 8.39 Å². The summed E-state index contributed by atoms with van der Waals surface area (Å²) in [5.41, 5.74) is 0.910. The van der Waals surface area contributed by atoms with Crippen molar-refractivity contribution in [2.24, 2.45) is 7.05 Å². The molecule has 2 aromatic heterocycles. The summed E-state index contributed by atoms with van der Waals surface area (Å²) in [6.07, 6.45) is 0. The molecule has 2 aromatic rings. The van der Waals surface area contributed by atoms with Crippen LogP contribution in [0, 0.1) is 0 Å². The number of thiazole rings is 1. The van der Waals surface area contributed by atoms with Crippen LogP contribution in [0.1, 0.15) is 10.5 Å². The highest BCUT2D eigenvalue weighted by Gasteiger charge is 2.21. The van der Waals surface area contributed by atoms with E-state index in [1.165, 1.54) is 11.3 Å². The number of aromatic carboxylic acids is 1. The first-order valence-corrected chi connectivity index (χ1v) is 5.96. The Morgan fingerprint density at radius 2 is 2.21 bits per heavy atom. The maximum Gasteiger partial charge on any atom is 0.353 e. The lowest BCUT2D eigenvalue weighted by atomic mass is 10.4. The molecule has 0 fully saturated rings. The second-order valence-corrected chi connectivity index (χ2v) is 5.69. The van der Waals surface area contributed by atoms with Gasteiger partial charge in [0.05, 0.1) is 4.47 Å². The highest BCUT2D eigenvalue weighted by molar-refractivity contribution is 9.11.